The molecule has 4 nitrogen and oxygen atoms in total. The van der Waals surface area contributed by atoms with Gasteiger partial charge in [-0.25, -0.2) is 4.99 Å². The van der Waals surface area contributed by atoms with E-state index in [0.29, 0.717) is 0 Å². The Labute approximate surface area is 148 Å². The van der Waals surface area contributed by atoms with Crippen LogP contribution in [-0.2, 0) is 6.54 Å². The number of aliphatic imine (C=N–C) groups is 1. The lowest BCUT2D eigenvalue weighted by Gasteiger charge is -2.34. The molecule has 1 fully saturated rings. The molecule has 4 heteroatoms. The topological polar surface area (TPSA) is 23.8 Å². The molecule has 5 rings (SSSR count). The molecule has 1 saturated heterocycles. The third-order valence-corrected chi connectivity index (χ3v) is 5.39. The average molecular weight is 330 g/mol. The number of aromatic nitrogens is 1. The van der Waals surface area contributed by atoms with Gasteiger partial charge in [-0.3, -0.25) is 0 Å². The number of hydrogen-bond donors (Lipinski definition) is 0. The number of nitrogens with zero attached hydrogens (tertiary/aromatic N) is 4. The third kappa shape index (κ3) is 2.45. The van der Waals surface area contributed by atoms with Gasteiger partial charge in [-0.05, 0) is 30.8 Å². The highest BCUT2D eigenvalue weighted by molar-refractivity contribution is 6.04. The highest BCUT2D eigenvalue weighted by Gasteiger charge is 2.25. The third-order valence-electron chi connectivity index (χ3n) is 5.39. The fraction of sp³-hybridized carbons (Fsp3) is 0.286. The Kier molecular flexibility index (Phi) is 3.38. The summed E-state index contributed by atoms with van der Waals surface area (Å²) in [5.74, 6) is 1.12. The van der Waals surface area contributed by atoms with E-state index in [1.807, 2.05) is 0 Å². The fourth-order valence-electron chi connectivity index (χ4n) is 3.91. The number of para-hydroxylation sites is 2. The van der Waals surface area contributed by atoms with E-state index in [2.05, 4.69) is 76.0 Å². The molecule has 0 amide bonds. The van der Waals surface area contributed by atoms with E-state index < -0.39 is 0 Å². The highest BCUT2D eigenvalue weighted by Crippen LogP contribution is 2.30. The standard InChI is InChI=1S/C21H22N4/c1-23-10-12-24(13-11-23)21-20-14-16-6-3-5-9-19(16)25(20)15-17-7-2-4-8-18(17)22-21/h2-9,14H,10-13,15H2,1H3. The molecular weight excluding hydrogens is 308 g/mol. The average Bonchev–Trinajstić information content (AvgIpc) is 2.92. The van der Waals surface area contributed by atoms with Gasteiger partial charge in [0.25, 0.3) is 0 Å². The van der Waals surface area contributed by atoms with Crippen LogP contribution in [0.25, 0.3) is 10.9 Å². The minimum atomic E-state index is 0.875. The van der Waals surface area contributed by atoms with Crippen molar-refractivity contribution in [1.29, 1.82) is 0 Å². The van der Waals surface area contributed by atoms with Crippen molar-refractivity contribution in [1.82, 2.24) is 14.4 Å². The van der Waals surface area contributed by atoms with E-state index in [4.69, 9.17) is 4.99 Å². The van der Waals surface area contributed by atoms with Crippen LogP contribution in [0, 0.1) is 0 Å². The first kappa shape index (κ1) is 14.7. The number of benzene rings is 2. The summed E-state index contributed by atoms with van der Waals surface area (Å²) in [7, 11) is 2.19. The Morgan fingerprint density at radius 1 is 0.880 bits per heavy atom. The van der Waals surface area contributed by atoms with Gasteiger partial charge in [0.1, 0.15) is 0 Å². The Morgan fingerprint density at radius 3 is 2.52 bits per heavy atom. The molecule has 0 spiro atoms. The molecule has 3 heterocycles. The largest absolute Gasteiger partial charge is 0.352 e. The first-order valence-electron chi connectivity index (χ1n) is 8.98. The summed E-state index contributed by atoms with van der Waals surface area (Å²) < 4.78 is 2.43. The first-order chi connectivity index (χ1) is 12.3. The van der Waals surface area contributed by atoms with Crippen LogP contribution < -0.4 is 0 Å². The van der Waals surface area contributed by atoms with E-state index in [-0.39, 0.29) is 0 Å². The summed E-state index contributed by atoms with van der Waals surface area (Å²) in [6, 6.07) is 19.5. The number of fused-ring (bicyclic) bond motifs is 4. The molecule has 25 heavy (non-hydrogen) atoms. The number of piperazine rings is 1. The fourth-order valence-corrected chi connectivity index (χ4v) is 3.91. The van der Waals surface area contributed by atoms with Crippen LogP contribution in [0.1, 0.15) is 11.3 Å². The minimum absolute atomic E-state index is 0.875. The van der Waals surface area contributed by atoms with Crippen molar-refractivity contribution in [2.24, 2.45) is 4.99 Å². The minimum Gasteiger partial charge on any atom is -0.352 e. The Hall–Kier alpha value is -2.59. The maximum Gasteiger partial charge on any atom is 0.153 e. The number of hydrogen-bond acceptors (Lipinski definition) is 3. The van der Waals surface area contributed by atoms with Crippen molar-refractivity contribution in [3.05, 3.63) is 65.9 Å². The van der Waals surface area contributed by atoms with Crippen LogP contribution in [0.15, 0.2) is 59.6 Å². The Balaban J connectivity index is 1.71. The van der Waals surface area contributed by atoms with Gasteiger partial charge in [-0.15, -0.1) is 0 Å². The molecule has 2 aromatic carbocycles. The lowest BCUT2D eigenvalue weighted by atomic mass is 10.2. The van der Waals surface area contributed by atoms with Crippen molar-refractivity contribution < 1.29 is 0 Å². The summed E-state index contributed by atoms with van der Waals surface area (Å²) in [5.41, 5.74) is 4.91. The quantitative estimate of drug-likeness (QED) is 0.631. The summed E-state index contributed by atoms with van der Waals surface area (Å²) in [6.07, 6.45) is 0. The van der Waals surface area contributed by atoms with Crippen molar-refractivity contribution >= 4 is 22.4 Å². The summed E-state index contributed by atoms with van der Waals surface area (Å²) in [6.45, 7) is 5.10. The summed E-state index contributed by atoms with van der Waals surface area (Å²) in [5, 5.41) is 1.29. The molecule has 2 aliphatic rings. The van der Waals surface area contributed by atoms with Crippen LogP contribution >= 0.6 is 0 Å². The first-order valence-corrected chi connectivity index (χ1v) is 8.98. The predicted octanol–water partition coefficient (Wildman–Crippen LogP) is 3.33. The van der Waals surface area contributed by atoms with Gasteiger partial charge < -0.3 is 14.4 Å². The lowest BCUT2D eigenvalue weighted by molar-refractivity contribution is 0.215. The van der Waals surface area contributed by atoms with Crippen molar-refractivity contribution in [2.75, 3.05) is 33.2 Å². The molecule has 0 N–H and O–H groups in total. The van der Waals surface area contributed by atoms with E-state index >= 15 is 0 Å². The zero-order valence-electron chi connectivity index (χ0n) is 14.5. The summed E-state index contributed by atoms with van der Waals surface area (Å²) in [4.78, 5) is 9.97. The Bertz CT molecular complexity index is 961. The van der Waals surface area contributed by atoms with Gasteiger partial charge in [0.05, 0.1) is 17.9 Å². The second-order valence-corrected chi connectivity index (χ2v) is 7.03. The van der Waals surface area contributed by atoms with E-state index in [1.165, 1.54) is 22.2 Å². The number of rotatable bonds is 0. The van der Waals surface area contributed by atoms with Gasteiger partial charge in [-0.1, -0.05) is 36.4 Å². The maximum absolute atomic E-state index is 5.13. The molecule has 0 radical (unpaired) electrons. The second kappa shape index (κ2) is 5.74. The van der Waals surface area contributed by atoms with Crippen molar-refractivity contribution in [2.45, 2.75) is 6.54 Å². The van der Waals surface area contributed by atoms with E-state index in [0.717, 1.165) is 44.2 Å². The molecule has 3 aromatic rings. The van der Waals surface area contributed by atoms with Crippen LogP contribution in [0.4, 0.5) is 5.69 Å². The second-order valence-electron chi connectivity index (χ2n) is 7.03. The molecular formula is C21H22N4. The molecule has 2 aliphatic heterocycles. The van der Waals surface area contributed by atoms with E-state index in [9.17, 15) is 0 Å². The molecule has 1 aromatic heterocycles. The van der Waals surface area contributed by atoms with Crippen LogP contribution in [0.2, 0.25) is 0 Å². The van der Waals surface area contributed by atoms with Crippen molar-refractivity contribution in [3.8, 4) is 0 Å². The SMILES string of the molecule is CN1CCN(C2=Nc3ccccc3Cn3c2cc2ccccc23)CC1. The van der Waals surface area contributed by atoms with Gasteiger partial charge >= 0.3 is 0 Å². The van der Waals surface area contributed by atoms with Gasteiger partial charge in [0.15, 0.2) is 5.84 Å². The van der Waals surface area contributed by atoms with Gasteiger partial charge in [0.2, 0.25) is 0 Å². The molecule has 0 aliphatic carbocycles. The highest BCUT2D eigenvalue weighted by atomic mass is 15.3. The predicted molar refractivity (Wildman–Crippen MR) is 103 cm³/mol. The van der Waals surface area contributed by atoms with Gasteiger partial charge in [-0.2, -0.15) is 0 Å². The molecule has 126 valence electrons. The molecule has 0 unspecified atom stereocenters. The molecule has 0 atom stereocenters. The van der Waals surface area contributed by atoms with Crippen molar-refractivity contribution in [3.63, 3.8) is 0 Å². The summed E-state index contributed by atoms with van der Waals surface area (Å²) >= 11 is 0. The van der Waals surface area contributed by atoms with Crippen LogP contribution in [0.3, 0.4) is 0 Å². The monoisotopic (exact) mass is 330 g/mol. The Morgan fingerprint density at radius 2 is 1.64 bits per heavy atom. The lowest BCUT2D eigenvalue weighted by Crippen LogP contribution is -2.47. The number of likely N-dealkylation sites (N-methyl/N-ethyl adjacent to an activating group) is 1. The smallest absolute Gasteiger partial charge is 0.153 e. The normalized spacial score (nSPS) is 17.8. The zero-order valence-corrected chi connectivity index (χ0v) is 14.5. The number of amidine groups is 1. The van der Waals surface area contributed by atoms with E-state index in [1.54, 1.807) is 0 Å². The zero-order chi connectivity index (χ0) is 16.8. The molecule has 0 bridgehead atoms. The van der Waals surface area contributed by atoms with Crippen LogP contribution in [0.5, 0.6) is 0 Å². The maximum atomic E-state index is 5.13. The van der Waals surface area contributed by atoms with Gasteiger partial charge in [0, 0.05) is 37.1 Å². The van der Waals surface area contributed by atoms with Crippen LogP contribution in [-0.4, -0.2) is 53.4 Å². The molecule has 0 saturated carbocycles.